The predicted octanol–water partition coefficient (Wildman–Crippen LogP) is 6.49. The van der Waals surface area contributed by atoms with Crippen molar-refractivity contribution in [2.24, 2.45) is 5.73 Å². The minimum atomic E-state index is -4.49. The maximum atomic E-state index is 14.0. The van der Waals surface area contributed by atoms with E-state index < -0.39 is 29.4 Å². The first-order valence-corrected chi connectivity index (χ1v) is 11.5. The van der Waals surface area contributed by atoms with Crippen LogP contribution in [0, 0.1) is 25.5 Å². The number of alkyl halides is 3. The highest BCUT2D eigenvalue weighted by atomic mass is 19.4. The SMILES string of the molecule is Cc1cc(OCc2c(F)cccc2F)c2nc(C)c(C(=O)CCC(N)c3cccc(C(F)(F)F)c3)n2c1. The number of hydrogen-bond acceptors (Lipinski definition) is 4. The molecule has 2 N–H and O–H groups in total. The van der Waals surface area contributed by atoms with Crippen molar-refractivity contribution < 1.29 is 31.5 Å². The Balaban J connectivity index is 1.55. The number of ether oxygens (including phenoxy) is 1. The second-order valence-corrected chi connectivity index (χ2v) is 8.80. The topological polar surface area (TPSA) is 69.6 Å². The number of fused-ring (bicyclic) bond motifs is 1. The second kappa shape index (κ2) is 10.3. The number of carbonyl (C=O) groups is 1. The third kappa shape index (κ3) is 5.64. The maximum Gasteiger partial charge on any atom is 0.416 e. The summed E-state index contributed by atoms with van der Waals surface area (Å²) in [5, 5.41) is 0. The molecule has 1 atom stereocenters. The van der Waals surface area contributed by atoms with Gasteiger partial charge in [-0.15, -0.1) is 0 Å². The Bertz CT molecular complexity index is 1440. The van der Waals surface area contributed by atoms with E-state index in [-0.39, 0.29) is 47.8 Å². The molecule has 5 nitrogen and oxygen atoms in total. The van der Waals surface area contributed by atoms with Gasteiger partial charge in [0.1, 0.15) is 23.9 Å². The Morgan fingerprint density at radius 2 is 1.76 bits per heavy atom. The van der Waals surface area contributed by atoms with Crippen molar-refractivity contribution in [1.29, 1.82) is 0 Å². The van der Waals surface area contributed by atoms with Crippen molar-refractivity contribution in [3.63, 3.8) is 0 Å². The largest absolute Gasteiger partial charge is 0.485 e. The summed E-state index contributed by atoms with van der Waals surface area (Å²) in [6.07, 6.45) is -2.72. The molecule has 0 amide bonds. The van der Waals surface area contributed by atoms with Crippen LogP contribution in [0.3, 0.4) is 0 Å². The number of aromatic nitrogens is 2. The summed E-state index contributed by atoms with van der Waals surface area (Å²) in [6, 6.07) is 9.13. The Hall–Kier alpha value is -3.79. The first-order valence-electron chi connectivity index (χ1n) is 11.5. The molecule has 4 aromatic rings. The van der Waals surface area contributed by atoms with Crippen LogP contribution in [0.25, 0.3) is 5.65 Å². The average Bonchev–Trinajstić information content (AvgIpc) is 3.17. The van der Waals surface area contributed by atoms with E-state index in [0.717, 1.165) is 24.3 Å². The van der Waals surface area contributed by atoms with Crippen molar-refractivity contribution >= 4 is 11.4 Å². The summed E-state index contributed by atoms with van der Waals surface area (Å²) in [5.74, 6) is -1.54. The van der Waals surface area contributed by atoms with Crippen LogP contribution in [0.2, 0.25) is 0 Å². The standard InChI is InChI=1S/C27H24F5N3O2/c1-15-11-24(37-14-19-20(28)7-4-8-21(19)29)26-34-16(2)25(35(26)13-15)23(36)10-9-22(33)17-5-3-6-18(12-17)27(30,31)32/h3-8,11-13,22H,9-10,14,33H2,1-2H3. The van der Waals surface area contributed by atoms with E-state index in [1.54, 1.807) is 30.5 Å². The van der Waals surface area contributed by atoms with E-state index in [1.165, 1.54) is 18.2 Å². The van der Waals surface area contributed by atoms with Crippen LogP contribution >= 0.6 is 0 Å². The van der Waals surface area contributed by atoms with Gasteiger partial charge in [-0.1, -0.05) is 18.2 Å². The molecule has 2 aromatic heterocycles. The van der Waals surface area contributed by atoms with Crippen LogP contribution < -0.4 is 10.5 Å². The summed E-state index contributed by atoms with van der Waals surface area (Å²) in [7, 11) is 0. The zero-order chi connectivity index (χ0) is 26.9. The van der Waals surface area contributed by atoms with Crippen molar-refractivity contribution in [3.8, 4) is 5.75 Å². The van der Waals surface area contributed by atoms with Gasteiger partial charge in [0.15, 0.2) is 17.2 Å². The molecule has 0 saturated heterocycles. The lowest BCUT2D eigenvalue weighted by Gasteiger charge is -2.14. The van der Waals surface area contributed by atoms with Gasteiger partial charge in [-0.25, -0.2) is 13.8 Å². The highest BCUT2D eigenvalue weighted by Gasteiger charge is 2.31. The highest BCUT2D eigenvalue weighted by molar-refractivity contribution is 5.96. The zero-order valence-corrected chi connectivity index (χ0v) is 20.1. The molecule has 0 bridgehead atoms. The number of nitrogens with two attached hydrogens (primary N) is 1. The lowest BCUT2D eigenvalue weighted by atomic mass is 9.98. The van der Waals surface area contributed by atoms with Gasteiger partial charge in [0, 0.05) is 18.7 Å². The van der Waals surface area contributed by atoms with Gasteiger partial charge in [-0.05, 0) is 61.7 Å². The molecule has 37 heavy (non-hydrogen) atoms. The molecule has 1 unspecified atom stereocenters. The number of imidazole rings is 1. The molecular weight excluding hydrogens is 493 g/mol. The normalized spacial score (nSPS) is 12.6. The number of nitrogens with zero attached hydrogens (tertiary/aromatic N) is 2. The lowest BCUT2D eigenvalue weighted by Crippen LogP contribution is -2.15. The van der Waals surface area contributed by atoms with Crippen LogP contribution in [0.15, 0.2) is 54.7 Å². The van der Waals surface area contributed by atoms with E-state index in [1.807, 2.05) is 0 Å². The number of carbonyl (C=O) groups excluding carboxylic acids is 1. The molecule has 0 radical (unpaired) electrons. The third-order valence-electron chi connectivity index (χ3n) is 6.02. The number of aryl methyl sites for hydroxylation is 2. The van der Waals surface area contributed by atoms with Gasteiger partial charge in [-0.3, -0.25) is 9.20 Å². The van der Waals surface area contributed by atoms with Crippen molar-refractivity contribution in [3.05, 3.63) is 100 Å². The van der Waals surface area contributed by atoms with Gasteiger partial charge in [0.25, 0.3) is 0 Å². The van der Waals surface area contributed by atoms with Gasteiger partial charge in [-0.2, -0.15) is 13.2 Å². The van der Waals surface area contributed by atoms with Crippen molar-refractivity contribution in [2.75, 3.05) is 0 Å². The molecular formula is C27H24F5N3O2. The summed E-state index contributed by atoms with van der Waals surface area (Å²) in [4.78, 5) is 17.6. The Morgan fingerprint density at radius 1 is 1.08 bits per heavy atom. The smallest absolute Gasteiger partial charge is 0.416 e. The number of halogens is 5. The monoisotopic (exact) mass is 517 g/mol. The number of pyridine rings is 1. The average molecular weight is 517 g/mol. The predicted molar refractivity (Wildman–Crippen MR) is 127 cm³/mol. The van der Waals surface area contributed by atoms with E-state index >= 15 is 0 Å². The lowest BCUT2D eigenvalue weighted by molar-refractivity contribution is -0.137. The third-order valence-corrected chi connectivity index (χ3v) is 6.02. The number of Topliss-reactive ketones (excluding diaryl/α,β-unsaturated/α-hetero) is 1. The minimum Gasteiger partial charge on any atom is -0.485 e. The Kier molecular flexibility index (Phi) is 7.31. The molecule has 0 aliphatic heterocycles. The summed E-state index contributed by atoms with van der Waals surface area (Å²) in [5.41, 5.74) is 7.04. The van der Waals surface area contributed by atoms with Gasteiger partial charge >= 0.3 is 6.18 Å². The molecule has 0 saturated carbocycles. The van der Waals surface area contributed by atoms with Crippen LogP contribution in [0.4, 0.5) is 22.0 Å². The summed E-state index contributed by atoms with van der Waals surface area (Å²) in [6.45, 7) is 3.03. The number of hydrogen-bond donors (Lipinski definition) is 1. The Morgan fingerprint density at radius 3 is 2.43 bits per heavy atom. The van der Waals surface area contributed by atoms with E-state index in [4.69, 9.17) is 10.5 Å². The first kappa shape index (κ1) is 26.3. The molecule has 2 aromatic carbocycles. The maximum absolute atomic E-state index is 14.0. The van der Waals surface area contributed by atoms with Gasteiger partial charge < -0.3 is 10.5 Å². The molecule has 2 heterocycles. The summed E-state index contributed by atoms with van der Waals surface area (Å²) < 4.78 is 74.4. The fraction of sp³-hybridized carbons (Fsp3) is 0.259. The first-order chi connectivity index (χ1) is 17.5. The van der Waals surface area contributed by atoms with Crippen molar-refractivity contribution in [2.45, 2.75) is 45.5 Å². The van der Waals surface area contributed by atoms with E-state index in [0.29, 0.717) is 16.9 Å². The number of ketones is 1. The molecule has 4 rings (SSSR count). The molecule has 0 spiro atoms. The summed E-state index contributed by atoms with van der Waals surface area (Å²) >= 11 is 0. The van der Waals surface area contributed by atoms with E-state index in [9.17, 15) is 26.7 Å². The fourth-order valence-electron chi connectivity index (χ4n) is 4.14. The molecule has 0 fully saturated rings. The van der Waals surface area contributed by atoms with Crippen LogP contribution in [-0.4, -0.2) is 15.2 Å². The molecule has 194 valence electrons. The van der Waals surface area contributed by atoms with Gasteiger partial charge in [0.05, 0.1) is 16.8 Å². The van der Waals surface area contributed by atoms with Crippen molar-refractivity contribution in [1.82, 2.24) is 9.38 Å². The molecule has 10 heteroatoms. The number of rotatable bonds is 8. The molecule has 0 aliphatic carbocycles. The highest BCUT2D eigenvalue weighted by Crippen LogP contribution is 2.32. The van der Waals surface area contributed by atoms with E-state index in [2.05, 4.69) is 4.98 Å². The van der Waals surface area contributed by atoms with Crippen LogP contribution in [0.5, 0.6) is 5.75 Å². The minimum absolute atomic E-state index is 0.0311. The molecule has 0 aliphatic rings. The van der Waals surface area contributed by atoms with Crippen LogP contribution in [-0.2, 0) is 12.8 Å². The Labute approximate surface area is 209 Å². The van der Waals surface area contributed by atoms with Crippen LogP contribution in [0.1, 0.15) is 57.3 Å². The number of benzene rings is 2. The quantitative estimate of drug-likeness (QED) is 0.214. The zero-order valence-electron chi connectivity index (χ0n) is 20.1. The fourth-order valence-corrected chi connectivity index (χ4v) is 4.14. The second-order valence-electron chi connectivity index (χ2n) is 8.80. The van der Waals surface area contributed by atoms with Gasteiger partial charge in [0.2, 0.25) is 0 Å².